The van der Waals surface area contributed by atoms with Crippen LogP contribution < -0.4 is 11.1 Å². The predicted molar refractivity (Wildman–Crippen MR) is 81.0 cm³/mol. The first-order valence-electron chi connectivity index (χ1n) is 6.69. The number of halogens is 1. The van der Waals surface area contributed by atoms with Gasteiger partial charge in [0.2, 0.25) is 0 Å². The number of rotatable bonds is 5. The zero-order valence-corrected chi connectivity index (χ0v) is 12.0. The van der Waals surface area contributed by atoms with Gasteiger partial charge in [-0.15, -0.1) is 0 Å². The molecule has 1 saturated heterocycles. The van der Waals surface area contributed by atoms with E-state index in [9.17, 15) is 4.39 Å². The van der Waals surface area contributed by atoms with Crippen LogP contribution in [0.1, 0.15) is 25.3 Å². The number of benzene rings is 1. The summed E-state index contributed by atoms with van der Waals surface area (Å²) in [7, 11) is 0. The van der Waals surface area contributed by atoms with Gasteiger partial charge in [-0.2, -0.15) is 0 Å². The fraction of sp³-hybridized carbons (Fsp3) is 0.500. The SMILES string of the molecule is CCN1CCCC1CNc1ccc(C(N)=S)cc1F. The van der Waals surface area contributed by atoms with Gasteiger partial charge in [-0.1, -0.05) is 19.1 Å². The first kappa shape index (κ1) is 14.2. The van der Waals surface area contributed by atoms with Crippen molar-refractivity contribution in [3.8, 4) is 0 Å². The van der Waals surface area contributed by atoms with E-state index in [0.29, 0.717) is 17.3 Å². The van der Waals surface area contributed by atoms with Gasteiger partial charge in [-0.3, -0.25) is 4.90 Å². The summed E-state index contributed by atoms with van der Waals surface area (Å²) in [5.74, 6) is -0.300. The van der Waals surface area contributed by atoms with E-state index in [2.05, 4.69) is 17.1 Å². The van der Waals surface area contributed by atoms with Crippen molar-refractivity contribution in [3.63, 3.8) is 0 Å². The molecule has 1 aromatic carbocycles. The maximum absolute atomic E-state index is 13.9. The Bertz CT molecular complexity index is 464. The summed E-state index contributed by atoms with van der Waals surface area (Å²) in [6, 6.07) is 5.34. The van der Waals surface area contributed by atoms with Crippen LogP contribution in [0.2, 0.25) is 0 Å². The van der Waals surface area contributed by atoms with Crippen LogP contribution in [0.15, 0.2) is 18.2 Å². The van der Waals surface area contributed by atoms with Crippen LogP contribution in [0, 0.1) is 5.82 Å². The Morgan fingerprint density at radius 2 is 2.37 bits per heavy atom. The highest BCUT2D eigenvalue weighted by molar-refractivity contribution is 7.80. The molecule has 19 heavy (non-hydrogen) atoms. The summed E-state index contributed by atoms with van der Waals surface area (Å²) in [6.07, 6.45) is 2.40. The number of likely N-dealkylation sites (tertiary alicyclic amines) is 1. The Morgan fingerprint density at radius 1 is 1.58 bits per heavy atom. The molecular formula is C14H20FN3S. The van der Waals surface area contributed by atoms with Crippen LogP contribution in [0.5, 0.6) is 0 Å². The summed E-state index contributed by atoms with van der Waals surface area (Å²) in [6.45, 7) is 5.13. The first-order valence-corrected chi connectivity index (χ1v) is 7.10. The van der Waals surface area contributed by atoms with Crippen molar-refractivity contribution >= 4 is 22.9 Å². The molecule has 1 atom stereocenters. The lowest BCUT2D eigenvalue weighted by Crippen LogP contribution is -2.34. The molecule has 2 rings (SSSR count). The fourth-order valence-corrected chi connectivity index (χ4v) is 2.71. The van der Waals surface area contributed by atoms with Crippen molar-refractivity contribution < 1.29 is 4.39 Å². The summed E-state index contributed by atoms with van der Waals surface area (Å²) in [4.78, 5) is 2.65. The quantitative estimate of drug-likeness (QED) is 0.813. The molecule has 0 saturated carbocycles. The summed E-state index contributed by atoms with van der Waals surface area (Å²) < 4.78 is 13.9. The molecule has 0 radical (unpaired) electrons. The molecule has 104 valence electrons. The third kappa shape index (κ3) is 3.42. The molecular weight excluding hydrogens is 261 g/mol. The minimum atomic E-state index is -0.300. The second kappa shape index (κ2) is 6.30. The van der Waals surface area contributed by atoms with Gasteiger partial charge in [0, 0.05) is 18.2 Å². The maximum atomic E-state index is 13.9. The summed E-state index contributed by atoms with van der Waals surface area (Å²) in [5.41, 5.74) is 6.56. The number of thiocarbonyl (C=S) groups is 1. The molecule has 3 N–H and O–H groups in total. The zero-order valence-electron chi connectivity index (χ0n) is 11.2. The summed E-state index contributed by atoms with van der Waals surface area (Å²) in [5, 5.41) is 3.18. The number of hydrogen-bond acceptors (Lipinski definition) is 3. The molecule has 1 aromatic rings. The van der Waals surface area contributed by atoms with Crippen LogP contribution >= 0.6 is 12.2 Å². The van der Waals surface area contributed by atoms with Crippen molar-refractivity contribution in [1.82, 2.24) is 4.90 Å². The van der Waals surface area contributed by atoms with Crippen LogP contribution in [-0.2, 0) is 0 Å². The molecule has 0 aliphatic carbocycles. The smallest absolute Gasteiger partial charge is 0.146 e. The Kier molecular flexibility index (Phi) is 4.71. The second-order valence-corrected chi connectivity index (χ2v) is 5.30. The summed E-state index contributed by atoms with van der Waals surface area (Å²) >= 11 is 4.83. The van der Waals surface area contributed by atoms with Gasteiger partial charge >= 0.3 is 0 Å². The predicted octanol–water partition coefficient (Wildman–Crippen LogP) is 2.36. The minimum absolute atomic E-state index is 0.221. The standard InChI is InChI=1S/C14H20FN3S/c1-2-18-7-3-4-11(18)9-17-13-6-5-10(14(16)19)8-12(13)15/h5-6,8,11,17H,2-4,7,9H2,1H3,(H2,16,19). The maximum Gasteiger partial charge on any atom is 0.146 e. The molecule has 1 aliphatic rings. The van der Waals surface area contributed by atoms with Gasteiger partial charge in [0.05, 0.1) is 5.69 Å². The second-order valence-electron chi connectivity index (χ2n) is 4.86. The number of hydrogen-bond donors (Lipinski definition) is 2. The number of nitrogens with zero attached hydrogens (tertiary/aromatic N) is 1. The normalized spacial score (nSPS) is 19.6. The average Bonchev–Trinajstić information content (AvgIpc) is 2.84. The lowest BCUT2D eigenvalue weighted by molar-refractivity contribution is 0.277. The third-order valence-electron chi connectivity index (χ3n) is 3.69. The van der Waals surface area contributed by atoms with Gasteiger partial charge in [0.25, 0.3) is 0 Å². The Balaban J connectivity index is 1.98. The van der Waals surface area contributed by atoms with Crippen LogP contribution in [0.3, 0.4) is 0 Å². The number of nitrogens with two attached hydrogens (primary N) is 1. The topological polar surface area (TPSA) is 41.3 Å². The van der Waals surface area contributed by atoms with Crippen LogP contribution in [-0.4, -0.2) is 35.6 Å². The molecule has 1 unspecified atom stereocenters. The molecule has 1 fully saturated rings. The molecule has 1 aliphatic heterocycles. The minimum Gasteiger partial charge on any atom is -0.389 e. The molecule has 0 spiro atoms. The Hall–Kier alpha value is -1.20. The van der Waals surface area contributed by atoms with E-state index in [-0.39, 0.29) is 10.8 Å². The van der Waals surface area contributed by atoms with Crippen molar-refractivity contribution in [2.24, 2.45) is 5.73 Å². The van der Waals surface area contributed by atoms with E-state index < -0.39 is 0 Å². The van der Waals surface area contributed by atoms with E-state index in [0.717, 1.165) is 19.6 Å². The first-order chi connectivity index (χ1) is 9.11. The van der Waals surface area contributed by atoms with Gasteiger partial charge in [-0.05, 0) is 44.1 Å². The van der Waals surface area contributed by atoms with E-state index in [1.54, 1.807) is 12.1 Å². The number of nitrogens with one attached hydrogen (secondary N) is 1. The van der Waals surface area contributed by atoms with Gasteiger partial charge < -0.3 is 11.1 Å². The van der Waals surface area contributed by atoms with Crippen molar-refractivity contribution in [3.05, 3.63) is 29.6 Å². The third-order valence-corrected chi connectivity index (χ3v) is 3.92. The monoisotopic (exact) mass is 281 g/mol. The molecule has 5 heteroatoms. The van der Waals surface area contributed by atoms with Crippen LogP contribution in [0.4, 0.5) is 10.1 Å². The Labute approximate surface area is 119 Å². The highest BCUT2D eigenvalue weighted by atomic mass is 32.1. The average molecular weight is 281 g/mol. The Morgan fingerprint density at radius 3 is 3.00 bits per heavy atom. The lowest BCUT2D eigenvalue weighted by Gasteiger charge is -2.23. The van der Waals surface area contributed by atoms with E-state index in [4.69, 9.17) is 18.0 Å². The van der Waals surface area contributed by atoms with Crippen molar-refractivity contribution in [1.29, 1.82) is 0 Å². The number of likely N-dealkylation sites (N-methyl/N-ethyl adjacent to an activating group) is 1. The van der Waals surface area contributed by atoms with Gasteiger partial charge in [-0.25, -0.2) is 4.39 Å². The largest absolute Gasteiger partial charge is 0.389 e. The van der Waals surface area contributed by atoms with Crippen LogP contribution in [0.25, 0.3) is 0 Å². The van der Waals surface area contributed by atoms with Gasteiger partial charge in [0.1, 0.15) is 10.8 Å². The number of anilines is 1. The highest BCUT2D eigenvalue weighted by Crippen LogP contribution is 2.20. The van der Waals surface area contributed by atoms with E-state index in [1.807, 2.05) is 0 Å². The molecule has 0 bridgehead atoms. The van der Waals surface area contributed by atoms with Crippen molar-refractivity contribution in [2.45, 2.75) is 25.8 Å². The molecule has 0 amide bonds. The molecule has 3 nitrogen and oxygen atoms in total. The molecule has 0 aromatic heterocycles. The van der Waals surface area contributed by atoms with E-state index >= 15 is 0 Å². The van der Waals surface area contributed by atoms with Crippen molar-refractivity contribution in [2.75, 3.05) is 25.0 Å². The van der Waals surface area contributed by atoms with Gasteiger partial charge in [0.15, 0.2) is 0 Å². The van der Waals surface area contributed by atoms with E-state index in [1.165, 1.54) is 18.9 Å². The fourth-order valence-electron chi connectivity index (χ4n) is 2.58. The zero-order chi connectivity index (χ0) is 13.8. The highest BCUT2D eigenvalue weighted by Gasteiger charge is 2.22. The lowest BCUT2D eigenvalue weighted by atomic mass is 10.1. The molecule has 1 heterocycles.